The molecule has 1 unspecified atom stereocenters. The number of hydrogen-bond donors (Lipinski definition) is 0. The standard InChI is InChI=1S/C37H50FNO4SSi/c1-28(25-42-36-19-13-14-22-41-36)24-40-26-31(38)20-21-35(29(2)23-32-27-44-30(3)39-32)43-45(37(4,5)6,33-15-9-7-10-16-33)34-17-11-8-12-18-34/h7-12,15-18,20,23,27-28,35-36H,13-14,19,21-22,24-26H2,1-6H3/b29-23+,31-20+/t28-,35-,36?/m0/s1. The molecule has 8 heteroatoms. The van der Waals surface area contributed by atoms with Crippen molar-refractivity contribution in [2.75, 3.05) is 26.4 Å². The SMILES string of the molecule is C/C(=C\c1csc(C)n1)[C@H](C/C=C(/F)COC[C@H](C)COC1CCCCO1)O[Si](c1ccccc1)(c1ccccc1)C(C)(C)C. The van der Waals surface area contributed by atoms with Crippen molar-refractivity contribution < 1.29 is 23.0 Å². The molecule has 0 aliphatic carbocycles. The Morgan fingerprint density at radius 3 is 2.29 bits per heavy atom. The van der Waals surface area contributed by atoms with Crippen molar-refractivity contribution in [1.29, 1.82) is 0 Å². The number of hydrogen-bond acceptors (Lipinski definition) is 6. The molecule has 244 valence electrons. The molecule has 1 aromatic heterocycles. The zero-order valence-corrected chi connectivity index (χ0v) is 29.6. The van der Waals surface area contributed by atoms with E-state index in [2.05, 4.69) is 87.3 Å². The van der Waals surface area contributed by atoms with Crippen molar-refractivity contribution in [1.82, 2.24) is 4.98 Å². The van der Waals surface area contributed by atoms with Crippen LogP contribution in [0.3, 0.4) is 0 Å². The van der Waals surface area contributed by atoms with Crippen LogP contribution in [0.1, 0.15) is 71.0 Å². The lowest BCUT2D eigenvalue weighted by Gasteiger charge is -2.45. The predicted molar refractivity (Wildman–Crippen MR) is 186 cm³/mol. The lowest BCUT2D eigenvalue weighted by atomic mass is 10.1. The lowest BCUT2D eigenvalue weighted by Crippen LogP contribution is -2.67. The van der Waals surface area contributed by atoms with Crippen LogP contribution < -0.4 is 10.4 Å². The molecule has 3 aromatic rings. The number of nitrogens with zero attached hydrogens (tertiary/aromatic N) is 1. The largest absolute Gasteiger partial charge is 0.400 e. The van der Waals surface area contributed by atoms with Crippen LogP contribution in [0.15, 0.2) is 83.5 Å². The Bertz CT molecular complexity index is 1330. The fourth-order valence-corrected chi connectivity index (χ4v) is 11.1. The van der Waals surface area contributed by atoms with Gasteiger partial charge >= 0.3 is 0 Å². The van der Waals surface area contributed by atoms with E-state index in [1.165, 1.54) is 10.4 Å². The molecule has 0 bridgehead atoms. The molecule has 5 nitrogen and oxygen atoms in total. The van der Waals surface area contributed by atoms with Gasteiger partial charge in [-0.2, -0.15) is 0 Å². The number of rotatable bonds is 15. The molecule has 0 N–H and O–H groups in total. The first kappa shape index (κ1) is 35.4. The van der Waals surface area contributed by atoms with Gasteiger partial charge < -0.3 is 18.6 Å². The zero-order valence-electron chi connectivity index (χ0n) is 27.8. The molecule has 45 heavy (non-hydrogen) atoms. The number of aryl methyl sites for hydroxylation is 1. The van der Waals surface area contributed by atoms with Gasteiger partial charge in [-0.25, -0.2) is 9.37 Å². The van der Waals surface area contributed by atoms with Gasteiger partial charge in [0.25, 0.3) is 8.32 Å². The molecule has 1 fully saturated rings. The van der Waals surface area contributed by atoms with Crippen LogP contribution >= 0.6 is 11.3 Å². The Kier molecular flexibility index (Phi) is 13.3. The van der Waals surface area contributed by atoms with E-state index in [0.29, 0.717) is 19.6 Å². The summed E-state index contributed by atoms with van der Waals surface area (Å²) in [6.07, 6.45) is 6.73. The summed E-state index contributed by atoms with van der Waals surface area (Å²) in [7, 11) is -2.89. The monoisotopic (exact) mass is 651 g/mol. The normalized spacial score (nSPS) is 18.2. The molecule has 0 spiro atoms. The average molecular weight is 652 g/mol. The highest BCUT2D eigenvalue weighted by Crippen LogP contribution is 2.39. The van der Waals surface area contributed by atoms with Crippen LogP contribution in [0, 0.1) is 12.8 Å². The molecular formula is C37H50FNO4SSi. The minimum absolute atomic E-state index is 0.0791. The van der Waals surface area contributed by atoms with Crippen molar-refractivity contribution in [3.8, 4) is 0 Å². The molecule has 1 saturated heterocycles. The highest BCUT2D eigenvalue weighted by Gasteiger charge is 2.51. The molecule has 1 aliphatic heterocycles. The number of halogens is 1. The second-order valence-electron chi connectivity index (χ2n) is 13.1. The van der Waals surface area contributed by atoms with Crippen molar-refractivity contribution in [3.05, 3.63) is 94.2 Å². The zero-order chi connectivity index (χ0) is 32.3. The first-order valence-corrected chi connectivity index (χ1v) is 18.9. The van der Waals surface area contributed by atoms with Crippen molar-refractivity contribution in [2.24, 2.45) is 5.92 Å². The number of benzene rings is 2. The molecule has 3 atom stereocenters. The van der Waals surface area contributed by atoms with E-state index >= 15 is 4.39 Å². The Labute approximate surface area is 274 Å². The van der Waals surface area contributed by atoms with Gasteiger partial charge in [0.05, 0.1) is 36.6 Å². The molecule has 2 aromatic carbocycles. The molecule has 1 aliphatic rings. The van der Waals surface area contributed by atoms with Gasteiger partial charge in [-0.05, 0) is 72.7 Å². The number of aromatic nitrogens is 1. The first-order valence-electron chi connectivity index (χ1n) is 16.1. The molecule has 0 amide bonds. The van der Waals surface area contributed by atoms with Gasteiger partial charge in [0.1, 0.15) is 5.83 Å². The Balaban J connectivity index is 1.55. The van der Waals surface area contributed by atoms with E-state index in [1.807, 2.05) is 31.4 Å². The number of ether oxygens (including phenoxy) is 3. The topological polar surface area (TPSA) is 49.8 Å². The van der Waals surface area contributed by atoms with E-state index in [0.717, 1.165) is 42.1 Å². The third kappa shape index (κ3) is 10.0. The summed E-state index contributed by atoms with van der Waals surface area (Å²) < 4.78 is 40.1. The highest BCUT2D eigenvalue weighted by molar-refractivity contribution is 7.09. The average Bonchev–Trinajstić information content (AvgIpc) is 3.45. The van der Waals surface area contributed by atoms with E-state index in [9.17, 15) is 0 Å². The lowest BCUT2D eigenvalue weighted by molar-refractivity contribution is -0.170. The van der Waals surface area contributed by atoms with Gasteiger partial charge in [0, 0.05) is 17.9 Å². The van der Waals surface area contributed by atoms with Crippen molar-refractivity contribution in [3.63, 3.8) is 0 Å². The summed E-state index contributed by atoms with van der Waals surface area (Å²) in [5.41, 5.74) is 1.91. The Morgan fingerprint density at radius 2 is 1.73 bits per heavy atom. The van der Waals surface area contributed by atoms with Crippen molar-refractivity contribution >= 4 is 36.1 Å². The van der Waals surface area contributed by atoms with E-state index in [1.54, 1.807) is 17.4 Å². The van der Waals surface area contributed by atoms with Gasteiger partial charge in [-0.15, -0.1) is 11.3 Å². The second kappa shape index (κ2) is 16.9. The second-order valence-corrected chi connectivity index (χ2v) is 18.4. The third-order valence-corrected chi connectivity index (χ3v) is 14.0. The molecule has 4 rings (SSSR count). The van der Waals surface area contributed by atoms with Crippen LogP contribution in [0.25, 0.3) is 6.08 Å². The van der Waals surface area contributed by atoms with Crippen LogP contribution in [0.5, 0.6) is 0 Å². The minimum Gasteiger partial charge on any atom is -0.400 e. The fraction of sp³-hybridized carbons (Fsp3) is 0.486. The summed E-state index contributed by atoms with van der Waals surface area (Å²) in [5.74, 6) is -0.159. The quantitative estimate of drug-likeness (QED) is 0.155. The van der Waals surface area contributed by atoms with Gasteiger partial charge in [-0.1, -0.05) is 88.4 Å². The van der Waals surface area contributed by atoms with Gasteiger partial charge in [0.15, 0.2) is 6.29 Å². The third-order valence-electron chi connectivity index (χ3n) is 8.16. The summed E-state index contributed by atoms with van der Waals surface area (Å²) in [6, 6.07) is 21.1. The maximum absolute atomic E-state index is 15.3. The summed E-state index contributed by atoms with van der Waals surface area (Å²) in [6.45, 7) is 14.5. The van der Waals surface area contributed by atoms with Gasteiger partial charge in [-0.3, -0.25) is 0 Å². The summed E-state index contributed by atoms with van der Waals surface area (Å²) in [4.78, 5) is 4.66. The van der Waals surface area contributed by atoms with Gasteiger partial charge in [0.2, 0.25) is 0 Å². The highest BCUT2D eigenvalue weighted by atomic mass is 32.1. The van der Waals surface area contributed by atoms with Crippen LogP contribution in [-0.2, 0) is 18.6 Å². The molecule has 0 saturated carbocycles. The summed E-state index contributed by atoms with van der Waals surface area (Å²) >= 11 is 1.62. The van der Waals surface area contributed by atoms with Crippen LogP contribution in [0.2, 0.25) is 5.04 Å². The Morgan fingerprint density at radius 1 is 1.07 bits per heavy atom. The molecule has 0 radical (unpaired) electrons. The molecular weight excluding hydrogens is 602 g/mol. The van der Waals surface area contributed by atoms with Crippen molar-refractivity contribution in [2.45, 2.75) is 84.7 Å². The van der Waals surface area contributed by atoms with E-state index in [-0.39, 0.29) is 35.8 Å². The number of thiazole rings is 1. The maximum atomic E-state index is 15.3. The predicted octanol–water partition coefficient (Wildman–Crippen LogP) is 8.24. The van der Waals surface area contributed by atoms with Crippen LogP contribution in [-0.4, -0.2) is 52.1 Å². The van der Waals surface area contributed by atoms with E-state index in [4.69, 9.17) is 18.6 Å². The summed E-state index contributed by atoms with van der Waals surface area (Å²) in [5, 5.41) is 5.22. The maximum Gasteiger partial charge on any atom is 0.261 e. The molecule has 2 heterocycles. The first-order chi connectivity index (χ1) is 21.6. The minimum atomic E-state index is -2.89. The fourth-order valence-electron chi connectivity index (χ4n) is 5.82. The van der Waals surface area contributed by atoms with Crippen LogP contribution in [0.4, 0.5) is 4.39 Å². The van der Waals surface area contributed by atoms with E-state index < -0.39 is 8.32 Å². The Hall–Kier alpha value is -2.46. The smallest absolute Gasteiger partial charge is 0.261 e.